The third-order valence-corrected chi connectivity index (χ3v) is 3.55. The van der Waals surface area contributed by atoms with Gasteiger partial charge < -0.3 is 15.1 Å². The van der Waals surface area contributed by atoms with Crippen LogP contribution in [0.3, 0.4) is 0 Å². The highest BCUT2D eigenvalue weighted by molar-refractivity contribution is 6.35. The zero-order valence-corrected chi connectivity index (χ0v) is 11.6. The Morgan fingerprint density at radius 1 is 1.25 bits per heavy atom. The van der Waals surface area contributed by atoms with Crippen LogP contribution in [0.4, 0.5) is 4.39 Å². The summed E-state index contributed by atoms with van der Waals surface area (Å²) >= 11 is 0. The maximum absolute atomic E-state index is 13.8. The molecule has 0 spiro atoms. The number of carbonyl (C=O) groups excluding carboxylic acids is 2. The van der Waals surface area contributed by atoms with Gasteiger partial charge in [0.15, 0.2) is 0 Å². The van der Waals surface area contributed by atoms with E-state index in [-0.39, 0.29) is 18.4 Å². The second-order valence-electron chi connectivity index (χ2n) is 4.84. The first-order valence-corrected chi connectivity index (χ1v) is 6.50. The van der Waals surface area contributed by atoms with Crippen LogP contribution >= 0.6 is 0 Å². The Morgan fingerprint density at radius 3 is 2.60 bits per heavy atom. The molecule has 0 aromatic heterocycles. The molecule has 1 saturated heterocycles. The zero-order chi connectivity index (χ0) is 14.7. The Balaban J connectivity index is 2.13. The minimum atomic E-state index is -0.532. The van der Waals surface area contributed by atoms with Crippen LogP contribution in [0.25, 0.3) is 0 Å². The number of nitrogens with one attached hydrogen (secondary N) is 1. The highest BCUT2D eigenvalue weighted by atomic mass is 19.1. The number of piperazine rings is 1. The molecule has 1 N–H and O–H groups in total. The first kappa shape index (κ1) is 14.5. The Hall–Kier alpha value is -1.95. The second-order valence-corrected chi connectivity index (χ2v) is 4.84. The van der Waals surface area contributed by atoms with Gasteiger partial charge in [-0.1, -0.05) is 18.2 Å². The van der Waals surface area contributed by atoms with Crippen molar-refractivity contribution in [2.45, 2.75) is 6.04 Å². The Labute approximate surface area is 117 Å². The predicted molar refractivity (Wildman–Crippen MR) is 72.4 cm³/mol. The summed E-state index contributed by atoms with van der Waals surface area (Å²) in [6.45, 7) is 1.24. The number of rotatable bonds is 4. The lowest BCUT2D eigenvalue weighted by Gasteiger charge is -2.34. The third kappa shape index (κ3) is 2.80. The molecule has 6 heteroatoms. The summed E-state index contributed by atoms with van der Waals surface area (Å²) in [5, 5.41) is 2.99. The summed E-state index contributed by atoms with van der Waals surface area (Å²) in [6, 6.07) is 6.10. The monoisotopic (exact) mass is 279 g/mol. The van der Waals surface area contributed by atoms with Crippen molar-refractivity contribution in [3.8, 4) is 0 Å². The molecule has 0 aliphatic carbocycles. The fourth-order valence-electron chi connectivity index (χ4n) is 2.27. The van der Waals surface area contributed by atoms with E-state index in [4.69, 9.17) is 0 Å². The van der Waals surface area contributed by atoms with Gasteiger partial charge in [0.2, 0.25) is 0 Å². The zero-order valence-electron chi connectivity index (χ0n) is 11.6. The lowest BCUT2D eigenvalue weighted by atomic mass is 10.1. The van der Waals surface area contributed by atoms with E-state index in [0.29, 0.717) is 18.7 Å². The van der Waals surface area contributed by atoms with E-state index in [1.165, 1.54) is 15.9 Å². The van der Waals surface area contributed by atoms with E-state index in [1.807, 2.05) is 0 Å². The standard InChI is InChI=1S/C14H18FN3O2/c1-16-12(10-5-3-4-6-11(10)15)9-18-8-7-17(2)13(19)14(18)20/h3-6,12,16H,7-9H2,1-2H3. The van der Waals surface area contributed by atoms with Crippen LogP contribution in [0.2, 0.25) is 0 Å². The normalized spacial score (nSPS) is 17.6. The molecule has 20 heavy (non-hydrogen) atoms. The fourth-order valence-corrected chi connectivity index (χ4v) is 2.27. The molecule has 2 rings (SSSR count). The van der Waals surface area contributed by atoms with Gasteiger partial charge in [-0.15, -0.1) is 0 Å². The molecule has 1 unspecified atom stereocenters. The van der Waals surface area contributed by atoms with E-state index < -0.39 is 11.8 Å². The van der Waals surface area contributed by atoms with Crippen LogP contribution in [0.15, 0.2) is 24.3 Å². The fraction of sp³-hybridized carbons (Fsp3) is 0.429. The minimum Gasteiger partial charge on any atom is -0.336 e. The molecule has 0 radical (unpaired) electrons. The summed E-state index contributed by atoms with van der Waals surface area (Å²) in [4.78, 5) is 26.4. The van der Waals surface area contributed by atoms with Gasteiger partial charge in [0, 0.05) is 32.2 Å². The number of amides is 2. The number of halogens is 1. The summed E-state index contributed by atoms with van der Waals surface area (Å²) in [6.07, 6.45) is 0. The maximum Gasteiger partial charge on any atom is 0.312 e. The molecule has 1 aliphatic heterocycles. The molecular formula is C14H18FN3O2. The molecule has 1 aromatic rings. The predicted octanol–water partition coefficient (Wildman–Crippen LogP) is 0.387. The Kier molecular flexibility index (Phi) is 4.34. The van der Waals surface area contributed by atoms with Crippen molar-refractivity contribution >= 4 is 11.8 Å². The van der Waals surface area contributed by atoms with Gasteiger partial charge >= 0.3 is 11.8 Å². The number of hydrogen-bond donors (Lipinski definition) is 1. The average molecular weight is 279 g/mol. The SMILES string of the molecule is CNC(CN1CCN(C)C(=O)C1=O)c1ccccc1F. The maximum atomic E-state index is 13.8. The highest BCUT2D eigenvalue weighted by Crippen LogP contribution is 2.18. The third-order valence-electron chi connectivity index (χ3n) is 3.55. The van der Waals surface area contributed by atoms with Gasteiger partial charge in [0.05, 0.1) is 6.04 Å². The molecule has 0 saturated carbocycles. The Morgan fingerprint density at radius 2 is 1.95 bits per heavy atom. The molecule has 0 bridgehead atoms. The molecule has 1 aliphatic rings. The molecule has 5 nitrogen and oxygen atoms in total. The van der Waals surface area contributed by atoms with Crippen LogP contribution < -0.4 is 5.32 Å². The summed E-state index contributed by atoms with van der Waals surface area (Å²) in [7, 11) is 3.31. The topological polar surface area (TPSA) is 52.6 Å². The summed E-state index contributed by atoms with van der Waals surface area (Å²) in [5.41, 5.74) is 0.495. The van der Waals surface area contributed by atoms with E-state index in [9.17, 15) is 14.0 Å². The second kappa shape index (κ2) is 6.00. The highest BCUT2D eigenvalue weighted by Gasteiger charge is 2.32. The molecular weight excluding hydrogens is 261 g/mol. The molecule has 1 fully saturated rings. The van der Waals surface area contributed by atoms with Gasteiger partial charge in [-0.3, -0.25) is 9.59 Å². The van der Waals surface area contributed by atoms with E-state index in [1.54, 1.807) is 32.3 Å². The van der Waals surface area contributed by atoms with Crippen molar-refractivity contribution in [1.29, 1.82) is 0 Å². The van der Waals surface area contributed by atoms with Gasteiger partial charge in [0.25, 0.3) is 0 Å². The van der Waals surface area contributed by atoms with Crippen LogP contribution in [0, 0.1) is 5.82 Å². The van der Waals surface area contributed by atoms with Crippen LogP contribution in [0.1, 0.15) is 11.6 Å². The average Bonchev–Trinajstić information content (AvgIpc) is 2.45. The number of nitrogens with zero attached hydrogens (tertiary/aromatic N) is 2. The van der Waals surface area contributed by atoms with Gasteiger partial charge in [-0.25, -0.2) is 4.39 Å². The van der Waals surface area contributed by atoms with Gasteiger partial charge in [-0.2, -0.15) is 0 Å². The first-order chi connectivity index (χ1) is 9.54. The van der Waals surface area contributed by atoms with Crippen molar-refractivity contribution in [1.82, 2.24) is 15.1 Å². The summed E-state index contributed by atoms with van der Waals surface area (Å²) < 4.78 is 13.8. The van der Waals surface area contributed by atoms with Gasteiger partial charge in [-0.05, 0) is 13.1 Å². The van der Waals surface area contributed by atoms with Crippen LogP contribution in [-0.4, -0.2) is 55.3 Å². The number of carbonyl (C=O) groups is 2. The van der Waals surface area contributed by atoms with E-state index in [2.05, 4.69) is 5.32 Å². The molecule has 1 aromatic carbocycles. The lowest BCUT2D eigenvalue weighted by Crippen LogP contribution is -2.54. The lowest BCUT2D eigenvalue weighted by molar-refractivity contribution is -0.155. The van der Waals surface area contributed by atoms with Crippen LogP contribution in [0.5, 0.6) is 0 Å². The molecule has 1 atom stereocenters. The number of benzene rings is 1. The molecule has 2 amide bonds. The minimum absolute atomic E-state index is 0.274. The largest absolute Gasteiger partial charge is 0.336 e. The molecule has 1 heterocycles. The Bertz CT molecular complexity index is 521. The quantitative estimate of drug-likeness (QED) is 0.811. The van der Waals surface area contributed by atoms with Crippen molar-refractivity contribution in [3.63, 3.8) is 0 Å². The first-order valence-electron chi connectivity index (χ1n) is 6.50. The van der Waals surface area contributed by atoms with Crippen LogP contribution in [-0.2, 0) is 9.59 Å². The summed E-state index contributed by atoms with van der Waals surface area (Å²) in [5.74, 6) is -1.37. The number of likely N-dealkylation sites (N-methyl/N-ethyl adjacent to an activating group) is 2. The van der Waals surface area contributed by atoms with Gasteiger partial charge in [0.1, 0.15) is 5.82 Å². The number of hydrogen-bond acceptors (Lipinski definition) is 3. The van der Waals surface area contributed by atoms with Crippen molar-refractivity contribution in [2.75, 3.05) is 33.7 Å². The molecule has 108 valence electrons. The van der Waals surface area contributed by atoms with E-state index in [0.717, 1.165) is 0 Å². The van der Waals surface area contributed by atoms with Crippen molar-refractivity contribution < 1.29 is 14.0 Å². The van der Waals surface area contributed by atoms with Crippen molar-refractivity contribution in [2.24, 2.45) is 0 Å². The smallest absolute Gasteiger partial charge is 0.312 e. The van der Waals surface area contributed by atoms with Crippen molar-refractivity contribution in [3.05, 3.63) is 35.6 Å². The van der Waals surface area contributed by atoms with E-state index >= 15 is 0 Å².